The van der Waals surface area contributed by atoms with Gasteiger partial charge in [0, 0.05) is 29.0 Å². The first kappa shape index (κ1) is 12.4. The van der Waals surface area contributed by atoms with Gasteiger partial charge < -0.3 is 0 Å². The van der Waals surface area contributed by atoms with Crippen LogP contribution in [-0.4, -0.2) is 21.0 Å². The van der Waals surface area contributed by atoms with Crippen LogP contribution in [0.15, 0.2) is 18.7 Å². The summed E-state index contributed by atoms with van der Waals surface area (Å²) in [6.45, 7) is 4.41. The molecule has 0 bridgehead atoms. The molecule has 0 aliphatic heterocycles. The van der Waals surface area contributed by atoms with Crippen LogP contribution in [0, 0.1) is 0 Å². The zero-order chi connectivity index (χ0) is 11.1. The molecule has 0 saturated heterocycles. The van der Waals surface area contributed by atoms with Crippen molar-refractivity contribution in [2.24, 2.45) is 5.84 Å². The molecule has 3 N–H and O–H groups in total. The second kappa shape index (κ2) is 6.76. The van der Waals surface area contributed by atoms with E-state index in [1.807, 2.05) is 11.8 Å². The Balaban J connectivity index is 2.50. The van der Waals surface area contributed by atoms with Crippen molar-refractivity contribution in [2.75, 3.05) is 5.75 Å². The fraction of sp³-hybridized carbons (Fsp3) is 0.600. The first-order valence-electron chi connectivity index (χ1n) is 5.10. The van der Waals surface area contributed by atoms with Crippen molar-refractivity contribution in [3.05, 3.63) is 24.3 Å². The summed E-state index contributed by atoms with van der Waals surface area (Å²) < 4.78 is 0. The van der Waals surface area contributed by atoms with Gasteiger partial charge in [0.2, 0.25) is 0 Å². The van der Waals surface area contributed by atoms with Crippen LogP contribution in [0.25, 0.3) is 0 Å². The van der Waals surface area contributed by atoms with E-state index in [1.54, 1.807) is 12.4 Å². The van der Waals surface area contributed by atoms with Crippen LogP contribution >= 0.6 is 11.8 Å². The molecule has 0 fully saturated rings. The topological polar surface area (TPSA) is 63.8 Å². The molecule has 5 heteroatoms. The molecule has 84 valence electrons. The quantitative estimate of drug-likeness (QED) is 0.568. The lowest BCUT2D eigenvalue weighted by Gasteiger charge is -2.17. The monoisotopic (exact) mass is 226 g/mol. The van der Waals surface area contributed by atoms with Crippen LogP contribution in [0.3, 0.4) is 0 Å². The minimum atomic E-state index is 0.130. The lowest BCUT2D eigenvalue weighted by Crippen LogP contribution is -2.30. The molecule has 1 heterocycles. The Morgan fingerprint density at radius 1 is 1.47 bits per heavy atom. The van der Waals surface area contributed by atoms with E-state index in [1.165, 1.54) is 12.7 Å². The summed E-state index contributed by atoms with van der Waals surface area (Å²) in [4.78, 5) is 7.97. The van der Waals surface area contributed by atoms with Gasteiger partial charge >= 0.3 is 0 Å². The Morgan fingerprint density at radius 3 is 2.67 bits per heavy atom. The van der Waals surface area contributed by atoms with E-state index in [-0.39, 0.29) is 6.04 Å². The van der Waals surface area contributed by atoms with Crippen molar-refractivity contribution < 1.29 is 0 Å². The predicted octanol–water partition coefficient (Wildman–Crippen LogP) is 1.51. The highest BCUT2D eigenvalue weighted by atomic mass is 32.2. The Kier molecular flexibility index (Phi) is 5.60. The van der Waals surface area contributed by atoms with Crippen molar-refractivity contribution in [3.63, 3.8) is 0 Å². The summed E-state index contributed by atoms with van der Waals surface area (Å²) in [6, 6.07) is 0.130. The second-order valence-electron chi connectivity index (χ2n) is 3.44. The maximum Gasteiger partial charge on any atom is 0.115 e. The molecule has 0 aliphatic carbocycles. The summed E-state index contributed by atoms with van der Waals surface area (Å²) in [5, 5.41) is 0.658. The smallest absolute Gasteiger partial charge is 0.115 e. The molecular weight excluding hydrogens is 208 g/mol. The lowest BCUT2D eigenvalue weighted by atomic mass is 10.2. The largest absolute Gasteiger partial charge is 0.271 e. The maximum atomic E-state index is 5.51. The van der Waals surface area contributed by atoms with Gasteiger partial charge in [0.05, 0.1) is 6.04 Å². The zero-order valence-electron chi connectivity index (χ0n) is 9.18. The molecule has 1 rings (SSSR count). The van der Waals surface area contributed by atoms with Gasteiger partial charge in [-0.25, -0.2) is 9.97 Å². The Labute approximate surface area is 95.0 Å². The van der Waals surface area contributed by atoms with E-state index >= 15 is 0 Å². The van der Waals surface area contributed by atoms with Crippen LogP contribution in [0.4, 0.5) is 0 Å². The average Bonchev–Trinajstić information content (AvgIpc) is 2.31. The van der Waals surface area contributed by atoms with Gasteiger partial charge in [0.1, 0.15) is 6.33 Å². The van der Waals surface area contributed by atoms with Crippen molar-refractivity contribution in [1.82, 2.24) is 15.4 Å². The number of nitrogens with two attached hydrogens (primary N) is 1. The zero-order valence-corrected chi connectivity index (χ0v) is 10.00. The molecular formula is C10H18N4S. The first-order valence-corrected chi connectivity index (χ1v) is 6.15. The average molecular weight is 226 g/mol. The van der Waals surface area contributed by atoms with E-state index < -0.39 is 0 Å². The lowest BCUT2D eigenvalue weighted by molar-refractivity contribution is 0.605. The predicted molar refractivity (Wildman–Crippen MR) is 64.3 cm³/mol. The number of hydrogen-bond donors (Lipinski definition) is 2. The van der Waals surface area contributed by atoms with E-state index in [0.29, 0.717) is 5.25 Å². The SMILES string of the molecule is CCC(C)SCC(NN)c1cncnc1. The molecule has 1 aromatic heterocycles. The van der Waals surface area contributed by atoms with Crippen LogP contribution in [0.2, 0.25) is 0 Å². The van der Waals surface area contributed by atoms with E-state index in [0.717, 1.165) is 11.3 Å². The number of thioether (sulfide) groups is 1. The van der Waals surface area contributed by atoms with Gasteiger partial charge in [0.25, 0.3) is 0 Å². The maximum absolute atomic E-state index is 5.51. The third kappa shape index (κ3) is 4.15. The Hall–Kier alpha value is -0.650. The number of aromatic nitrogens is 2. The Morgan fingerprint density at radius 2 is 2.13 bits per heavy atom. The van der Waals surface area contributed by atoms with Gasteiger partial charge in [-0.1, -0.05) is 13.8 Å². The van der Waals surface area contributed by atoms with Gasteiger partial charge in [-0.3, -0.25) is 11.3 Å². The number of nitrogens with zero attached hydrogens (tertiary/aromatic N) is 2. The van der Waals surface area contributed by atoms with Gasteiger partial charge in [0.15, 0.2) is 0 Å². The Bertz CT molecular complexity index is 267. The van der Waals surface area contributed by atoms with Crippen LogP contribution in [0.5, 0.6) is 0 Å². The van der Waals surface area contributed by atoms with Crippen molar-refractivity contribution in [3.8, 4) is 0 Å². The van der Waals surface area contributed by atoms with Crippen molar-refractivity contribution in [2.45, 2.75) is 31.6 Å². The highest BCUT2D eigenvalue weighted by Crippen LogP contribution is 2.21. The molecule has 2 atom stereocenters. The normalized spacial score (nSPS) is 14.9. The minimum absolute atomic E-state index is 0.130. The standard InChI is InChI=1S/C10H18N4S/c1-3-8(2)15-6-10(14-11)9-4-12-7-13-5-9/h4-5,7-8,10,14H,3,6,11H2,1-2H3. The van der Waals surface area contributed by atoms with Gasteiger partial charge in [-0.15, -0.1) is 0 Å². The molecule has 0 spiro atoms. The fourth-order valence-corrected chi connectivity index (χ4v) is 2.15. The number of nitrogens with one attached hydrogen (secondary N) is 1. The second-order valence-corrected chi connectivity index (χ2v) is 4.91. The van der Waals surface area contributed by atoms with E-state index in [2.05, 4.69) is 29.2 Å². The summed E-state index contributed by atoms with van der Waals surface area (Å²) >= 11 is 1.91. The van der Waals surface area contributed by atoms with Gasteiger partial charge in [-0.05, 0) is 6.42 Å². The van der Waals surface area contributed by atoms with E-state index in [9.17, 15) is 0 Å². The molecule has 15 heavy (non-hydrogen) atoms. The molecule has 0 saturated carbocycles. The molecule has 0 radical (unpaired) electrons. The van der Waals surface area contributed by atoms with Crippen LogP contribution in [0.1, 0.15) is 31.9 Å². The summed E-state index contributed by atoms with van der Waals surface area (Å²) in [7, 11) is 0. The number of hydrazine groups is 1. The first-order chi connectivity index (χ1) is 7.27. The van der Waals surface area contributed by atoms with E-state index in [4.69, 9.17) is 5.84 Å². The molecule has 0 aromatic carbocycles. The molecule has 0 aliphatic rings. The van der Waals surface area contributed by atoms with Crippen LogP contribution < -0.4 is 11.3 Å². The molecule has 0 amide bonds. The third-order valence-electron chi connectivity index (χ3n) is 2.31. The molecule has 2 unspecified atom stereocenters. The van der Waals surface area contributed by atoms with Crippen molar-refractivity contribution >= 4 is 11.8 Å². The van der Waals surface area contributed by atoms with Crippen molar-refractivity contribution in [1.29, 1.82) is 0 Å². The number of rotatable bonds is 6. The highest BCUT2D eigenvalue weighted by Gasteiger charge is 2.11. The summed E-state index contributed by atoms with van der Waals surface area (Å²) in [5.41, 5.74) is 3.83. The minimum Gasteiger partial charge on any atom is -0.271 e. The summed E-state index contributed by atoms with van der Waals surface area (Å²) in [6.07, 6.45) is 6.30. The van der Waals surface area contributed by atoms with Gasteiger partial charge in [-0.2, -0.15) is 11.8 Å². The fourth-order valence-electron chi connectivity index (χ4n) is 1.11. The molecule has 4 nitrogen and oxygen atoms in total. The van der Waals surface area contributed by atoms with Crippen LogP contribution in [-0.2, 0) is 0 Å². The highest BCUT2D eigenvalue weighted by molar-refractivity contribution is 7.99. The number of hydrogen-bond acceptors (Lipinski definition) is 5. The third-order valence-corrected chi connectivity index (χ3v) is 3.73. The molecule has 1 aromatic rings. The summed E-state index contributed by atoms with van der Waals surface area (Å²) in [5.74, 6) is 6.46.